The van der Waals surface area contributed by atoms with E-state index in [4.69, 9.17) is 0 Å². The van der Waals surface area contributed by atoms with Crippen LogP contribution in [0, 0.1) is 5.92 Å². The maximum atomic E-state index is 12.6. The Labute approximate surface area is 162 Å². The number of nitrogens with one attached hydrogen (secondary N) is 2. The summed E-state index contributed by atoms with van der Waals surface area (Å²) in [5.41, 5.74) is 1.25. The van der Waals surface area contributed by atoms with Crippen LogP contribution in [0.2, 0.25) is 0 Å². The highest BCUT2D eigenvalue weighted by Gasteiger charge is 2.17. The topological polar surface area (TPSA) is 74.8 Å². The summed E-state index contributed by atoms with van der Waals surface area (Å²) in [6.45, 7) is 4.18. The van der Waals surface area contributed by atoms with Crippen LogP contribution in [0.3, 0.4) is 0 Å². The Morgan fingerprint density at radius 1 is 1.19 bits per heavy atom. The zero-order valence-corrected chi connectivity index (χ0v) is 16.6. The van der Waals surface area contributed by atoms with Crippen molar-refractivity contribution < 1.29 is 4.79 Å². The number of hydrogen-bond acceptors (Lipinski definition) is 4. The molecular weight excluding hydrogens is 358 g/mol. The average Bonchev–Trinajstić information content (AvgIpc) is 3.17. The van der Waals surface area contributed by atoms with Crippen LogP contribution >= 0.6 is 11.3 Å². The van der Waals surface area contributed by atoms with E-state index in [2.05, 4.69) is 35.4 Å². The first-order valence-corrected chi connectivity index (χ1v) is 10.3. The van der Waals surface area contributed by atoms with E-state index in [1.165, 1.54) is 4.88 Å². The molecule has 142 valence electrons. The van der Waals surface area contributed by atoms with E-state index in [9.17, 15) is 9.59 Å². The van der Waals surface area contributed by atoms with E-state index in [1.54, 1.807) is 17.4 Å². The third kappa shape index (κ3) is 4.63. The Morgan fingerprint density at radius 3 is 2.63 bits per heavy atom. The van der Waals surface area contributed by atoms with Gasteiger partial charge in [-0.05, 0) is 36.4 Å². The zero-order chi connectivity index (χ0) is 19.2. The summed E-state index contributed by atoms with van der Waals surface area (Å²) < 4.78 is 0. The minimum absolute atomic E-state index is 0.0146. The summed E-state index contributed by atoms with van der Waals surface area (Å²) in [5, 5.41) is 13.2. The zero-order valence-electron chi connectivity index (χ0n) is 15.7. The lowest BCUT2D eigenvalue weighted by Gasteiger charge is -2.15. The first kappa shape index (κ1) is 19.3. The number of carbonyl (C=O) groups excluding carboxylic acids is 1. The minimum atomic E-state index is -0.241. The molecule has 0 fully saturated rings. The van der Waals surface area contributed by atoms with Gasteiger partial charge in [0.2, 0.25) is 5.91 Å². The third-order valence-corrected chi connectivity index (χ3v) is 5.58. The molecule has 0 saturated carbocycles. The Balaban J connectivity index is 1.87. The van der Waals surface area contributed by atoms with Crippen LogP contribution < -0.4 is 10.9 Å². The van der Waals surface area contributed by atoms with E-state index >= 15 is 0 Å². The SMILES string of the molecule is CCCC(CCC)C(=O)Nc1ccc2c(Cc3cccs3)n[nH]c(=O)c2c1. The number of anilines is 1. The predicted octanol–water partition coefficient (Wildman–Crippen LogP) is 4.73. The molecule has 0 radical (unpaired) electrons. The molecule has 3 aromatic rings. The number of thiophene rings is 1. The van der Waals surface area contributed by atoms with E-state index < -0.39 is 0 Å². The highest BCUT2D eigenvalue weighted by atomic mass is 32.1. The number of carbonyl (C=O) groups is 1. The van der Waals surface area contributed by atoms with E-state index in [0.717, 1.165) is 36.8 Å². The summed E-state index contributed by atoms with van der Waals surface area (Å²) in [7, 11) is 0. The molecule has 0 saturated heterocycles. The van der Waals surface area contributed by atoms with Gasteiger partial charge < -0.3 is 5.32 Å². The largest absolute Gasteiger partial charge is 0.326 e. The first-order chi connectivity index (χ1) is 13.1. The molecule has 2 heterocycles. The number of H-pyrrole nitrogens is 1. The Kier molecular flexibility index (Phi) is 6.40. The minimum Gasteiger partial charge on any atom is -0.326 e. The second kappa shape index (κ2) is 8.95. The van der Waals surface area contributed by atoms with Crippen LogP contribution in [0.5, 0.6) is 0 Å². The van der Waals surface area contributed by atoms with Crippen LogP contribution in [0.1, 0.15) is 50.1 Å². The smallest absolute Gasteiger partial charge is 0.272 e. The fourth-order valence-corrected chi connectivity index (χ4v) is 4.07. The third-order valence-electron chi connectivity index (χ3n) is 4.70. The van der Waals surface area contributed by atoms with Gasteiger partial charge in [-0.1, -0.05) is 38.8 Å². The maximum absolute atomic E-state index is 12.6. The fourth-order valence-electron chi connectivity index (χ4n) is 3.36. The van der Waals surface area contributed by atoms with Gasteiger partial charge in [0.1, 0.15) is 0 Å². The first-order valence-electron chi connectivity index (χ1n) is 9.47. The van der Waals surface area contributed by atoms with Crippen LogP contribution in [0.4, 0.5) is 5.69 Å². The molecule has 0 aliphatic heterocycles. The number of rotatable bonds is 8. The molecule has 2 N–H and O–H groups in total. The Bertz CT molecular complexity index is 957. The fraction of sp³-hybridized carbons (Fsp3) is 0.381. The van der Waals surface area contributed by atoms with E-state index in [0.29, 0.717) is 17.5 Å². The standard InChI is InChI=1S/C21H25N3O2S/c1-3-6-14(7-4-2)20(25)22-15-9-10-17-18(12-15)21(26)24-23-19(17)13-16-8-5-11-27-16/h5,8-12,14H,3-4,6-7,13H2,1-2H3,(H,22,25)(H,24,26). The lowest BCUT2D eigenvalue weighted by molar-refractivity contribution is -0.120. The van der Waals surface area contributed by atoms with Crippen LogP contribution in [0.15, 0.2) is 40.5 Å². The molecule has 5 nitrogen and oxygen atoms in total. The number of hydrogen-bond donors (Lipinski definition) is 2. The Hall–Kier alpha value is -2.47. The van der Waals surface area contributed by atoms with Crippen molar-refractivity contribution >= 4 is 33.7 Å². The molecule has 0 bridgehead atoms. The summed E-state index contributed by atoms with van der Waals surface area (Å²) in [6, 6.07) is 9.55. The van der Waals surface area contributed by atoms with Crippen molar-refractivity contribution in [2.45, 2.75) is 46.0 Å². The highest BCUT2D eigenvalue weighted by molar-refractivity contribution is 7.09. The van der Waals surface area contributed by atoms with Gasteiger partial charge in [-0.2, -0.15) is 5.10 Å². The van der Waals surface area contributed by atoms with E-state index in [-0.39, 0.29) is 17.4 Å². The molecule has 2 aromatic heterocycles. The van der Waals surface area contributed by atoms with Gasteiger partial charge in [-0.3, -0.25) is 9.59 Å². The molecule has 0 atom stereocenters. The molecule has 1 amide bonds. The van der Waals surface area contributed by atoms with Crippen molar-refractivity contribution in [3.63, 3.8) is 0 Å². The van der Waals surface area contributed by atoms with Gasteiger partial charge in [-0.25, -0.2) is 5.10 Å². The summed E-state index contributed by atoms with van der Waals surface area (Å²) in [4.78, 5) is 26.1. The highest BCUT2D eigenvalue weighted by Crippen LogP contribution is 2.23. The number of nitrogens with zero attached hydrogens (tertiary/aromatic N) is 1. The molecule has 1 aromatic carbocycles. The van der Waals surface area contributed by atoms with E-state index in [1.807, 2.05) is 23.6 Å². The molecule has 6 heteroatoms. The summed E-state index contributed by atoms with van der Waals surface area (Å²) >= 11 is 1.67. The molecule has 0 unspecified atom stereocenters. The second-order valence-corrected chi connectivity index (χ2v) is 7.81. The molecular formula is C21H25N3O2S. The van der Waals surface area contributed by atoms with Crippen molar-refractivity contribution in [3.8, 4) is 0 Å². The average molecular weight is 384 g/mol. The number of aromatic nitrogens is 2. The van der Waals surface area contributed by atoms with Gasteiger partial charge >= 0.3 is 0 Å². The molecule has 27 heavy (non-hydrogen) atoms. The second-order valence-electron chi connectivity index (χ2n) is 6.78. The van der Waals surface area contributed by atoms with Crippen LogP contribution in [-0.2, 0) is 11.2 Å². The van der Waals surface area contributed by atoms with Gasteiger partial charge in [0.25, 0.3) is 5.56 Å². The molecule has 0 aliphatic carbocycles. The monoisotopic (exact) mass is 383 g/mol. The number of amides is 1. The maximum Gasteiger partial charge on any atom is 0.272 e. The van der Waals surface area contributed by atoms with Crippen molar-refractivity contribution in [2.75, 3.05) is 5.32 Å². The van der Waals surface area contributed by atoms with Gasteiger partial charge in [0, 0.05) is 28.3 Å². The Morgan fingerprint density at radius 2 is 1.96 bits per heavy atom. The van der Waals surface area contributed by atoms with Gasteiger partial charge in [-0.15, -0.1) is 11.3 Å². The van der Waals surface area contributed by atoms with Gasteiger partial charge in [0.05, 0.1) is 11.1 Å². The molecule has 3 rings (SSSR count). The summed E-state index contributed by atoms with van der Waals surface area (Å²) in [6.07, 6.45) is 4.39. The van der Waals surface area contributed by atoms with Crippen LogP contribution in [-0.4, -0.2) is 16.1 Å². The predicted molar refractivity (Wildman–Crippen MR) is 111 cm³/mol. The summed E-state index contributed by atoms with van der Waals surface area (Å²) in [5.74, 6) is 0.0446. The van der Waals surface area contributed by atoms with Crippen molar-refractivity contribution in [3.05, 3.63) is 56.6 Å². The van der Waals surface area contributed by atoms with Crippen LogP contribution in [0.25, 0.3) is 10.8 Å². The number of aromatic amines is 1. The quantitative estimate of drug-likeness (QED) is 0.590. The normalized spacial score (nSPS) is 11.2. The van der Waals surface area contributed by atoms with Crippen molar-refractivity contribution in [2.24, 2.45) is 5.92 Å². The lowest BCUT2D eigenvalue weighted by Crippen LogP contribution is -2.23. The lowest BCUT2D eigenvalue weighted by atomic mass is 9.97. The van der Waals surface area contributed by atoms with Gasteiger partial charge in [0.15, 0.2) is 0 Å². The number of benzene rings is 1. The molecule has 0 aliphatic rings. The number of fused-ring (bicyclic) bond motifs is 1. The molecule has 0 spiro atoms. The van der Waals surface area contributed by atoms with Crippen molar-refractivity contribution in [1.82, 2.24) is 10.2 Å². The van der Waals surface area contributed by atoms with Crippen molar-refractivity contribution in [1.29, 1.82) is 0 Å².